The van der Waals surface area contributed by atoms with Crippen molar-refractivity contribution in [1.82, 2.24) is 10.3 Å². The van der Waals surface area contributed by atoms with Crippen molar-refractivity contribution >= 4 is 22.7 Å². The first kappa shape index (κ1) is 15.4. The Bertz CT molecular complexity index is 705. The van der Waals surface area contributed by atoms with Gasteiger partial charge < -0.3 is 10.4 Å². The lowest BCUT2D eigenvalue weighted by Gasteiger charge is -2.22. The Hall–Kier alpha value is -1.53. The molecule has 114 valence electrons. The molecule has 0 fully saturated rings. The summed E-state index contributed by atoms with van der Waals surface area (Å²) < 4.78 is 0. The molecule has 1 unspecified atom stereocenters. The van der Waals surface area contributed by atoms with E-state index in [0.717, 1.165) is 21.8 Å². The average molecular weight is 330 g/mol. The maximum Gasteiger partial charge on any atom is 0.107 e. The first-order chi connectivity index (χ1) is 10.6. The number of hydrogen-bond acceptors (Lipinski definition) is 5. The number of nitrogens with one attached hydrogen (secondary N) is 1. The molecule has 22 heavy (non-hydrogen) atoms. The number of benzene rings is 1. The molecule has 0 saturated heterocycles. The molecule has 2 N–H and O–H groups in total. The largest absolute Gasteiger partial charge is 0.384 e. The van der Waals surface area contributed by atoms with Crippen LogP contribution >= 0.6 is 22.7 Å². The summed E-state index contributed by atoms with van der Waals surface area (Å²) in [6.07, 6.45) is 0. The van der Waals surface area contributed by atoms with E-state index in [2.05, 4.69) is 27.8 Å². The maximum absolute atomic E-state index is 10.5. The molecule has 0 aliphatic heterocycles. The lowest BCUT2D eigenvalue weighted by atomic mass is 9.99. The summed E-state index contributed by atoms with van der Waals surface area (Å²) in [6.45, 7) is 3.00. The van der Waals surface area contributed by atoms with E-state index in [1.165, 1.54) is 0 Å². The van der Waals surface area contributed by atoms with Gasteiger partial charge in [-0.1, -0.05) is 30.3 Å². The van der Waals surface area contributed by atoms with E-state index < -0.39 is 5.60 Å². The van der Waals surface area contributed by atoms with E-state index in [4.69, 9.17) is 0 Å². The number of rotatable bonds is 6. The Kier molecular flexibility index (Phi) is 4.69. The van der Waals surface area contributed by atoms with Crippen molar-refractivity contribution in [2.45, 2.75) is 19.1 Å². The Labute approximate surface area is 138 Å². The van der Waals surface area contributed by atoms with Crippen LogP contribution in [0.1, 0.15) is 17.5 Å². The van der Waals surface area contributed by atoms with Crippen LogP contribution in [-0.4, -0.2) is 16.6 Å². The molecule has 0 aliphatic carbocycles. The highest BCUT2D eigenvalue weighted by Crippen LogP contribution is 2.23. The molecule has 0 aliphatic rings. The van der Waals surface area contributed by atoms with Gasteiger partial charge in [0.1, 0.15) is 5.01 Å². The second-order valence-corrected chi connectivity index (χ2v) is 7.10. The van der Waals surface area contributed by atoms with E-state index >= 15 is 0 Å². The average Bonchev–Trinajstić information content (AvgIpc) is 3.20. The lowest BCUT2D eigenvalue weighted by molar-refractivity contribution is 0.0571. The van der Waals surface area contributed by atoms with E-state index in [9.17, 15) is 5.11 Å². The molecule has 5 heteroatoms. The van der Waals surface area contributed by atoms with Crippen molar-refractivity contribution in [3.63, 3.8) is 0 Å². The summed E-state index contributed by atoms with van der Waals surface area (Å²) in [5.41, 5.74) is 2.25. The SMILES string of the molecule is CC(O)(CNCc1nc(-c2ccccc2)cs1)c1ccsc1. The van der Waals surface area contributed by atoms with Gasteiger partial charge in [0.25, 0.3) is 0 Å². The molecule has 3 aromatic rings. The van der Waals surface area contributed by atoms with E-state index in [1.807, 2.05) is 41.9 Å². The van der Waals surface area contributed by atoms with Gasteiger partial charge >= 0.3 is 0 Å². The minimum atomic E-state index is -0.848. The summed E-state index contributed by atoms with van der Waals surface area (Å²) >= 11 is 3.24. The van der Waals surface area contributed by atoms with Crippen LogP contribution in [0.25, 0.3) is 11.3 Å². The Morgan fingerprint density at radius 3 is 2.73 bits per heavy atom. The molecule has 2 aromatic heterocycles. The van der Waals surface area contributed by atoms with Gasteiger partial charge in [-0.25, -0.2) is 4.98 Å². The van der Waals surface area contributed by atoms with Crippen LogP contribution in [-0.2, 0) is 12.1 Å². The van der Waals surface area contributed by atoms with Gasteiger partial charge in [-0.05, 0) is 29.3 Å². The first-order valence-electron chi connectivity index (χ1n) is 7.11. The van der Waals surface area contributed by atoms with Crippen LogP contribution in [0.3, 0.4) is 0 Å². The van der Waals surface area contributed by atoms with Gasteiger partial charge in [0.05, 0.1) is 11.3 Å². The third-order valence-electron chi connectivity index (χ3n) is 3.51. The monoisotopic (exact) mass is 330 g/mol. The van der Waals surface area contributed by atoms with Crippen LogP contribution < -0.4 is 5.32 Å². The second-order valence-electron chi connectivity index (χ2n) is 5.38. The summed E-state index contributed by atoms with van der Waals surface area (Å²) in [7, 11) is 0. The van der Waals surface area contributed by atoms with Gasteiger partial charge in [-0.15, -0.1) is 11.3 Å². The highest BCUT2D eigenvalue weighted by atomic mass is 32.1. The fourth-order valence-corrected chi connectivity index (χ4v) is 3.78. The van der Waals surface area contributed by atoms with E-state index in [1.54, 1.807) is 22.7 Å². The highest BCUT2D eigenvalue weighted by molar-refractivity contribution is 7.10. The fourth-order valence-electron chi connectivity index (χ4n) is 2.22. The van der Waals surface area contributed by atoms with Gasteiger partial charge in [0.15, 0.2) is 0 Å². The lowest BCUT2D eigenvalue weighted by Crippen LogP contribution is -2.34. The van der Waals surface area contributed by atoms with Gasteiger partial charge in [0, 0.05) is 24.0 Å². The van der Waals surface area contributed by atoms with E-state index in [0.29, 0.717) is 13.1 Å². The fraction of sp³-hybridized carbons (Fsp3) is 0.235. The van der Waals surface area contributed by atoms with Crippen molar-refractivity contribution in [2.75, 3.05) is 6.54 Å². The van der Waals surface area contributed by atoms with Crippen molar-refractivity contribution in [3.05, 3.63) is 63.1 Å². The number of thiazole rings is 1. The number of aromatic nitrogens is 1. The minimum absolute atomic E-state index is 0.504. The number of aliphatic hydroxyl groups is 1. The normalized spacial score (nSPS) is 13.9. The van der Waals surface area contributed by atoms with Gasteiger partial charge in [-0.2, -0.15) is 11.3 Å². The molecule has 0 saturated carbocycles. The van der Waals surface area contributed by atoms with Crippen LogP contribution in [0, 0.1) is 0 Å². The maximum atomic E-state index is 10.5. The molecular formula is C17H18N2OS2. The highest BCUT2D eigenvalue weighted by Gasteiger charge is 2.22. The molecule has 1 atom stereocenters. The zero-order valence-corrected chi connectivity index (χ0v) is 14.0. The summed E-state index contributed by atoms with van der Waals surface area (Å²) in [5.74, 6) is 0. The number of thiophene rings is 1. The number of nitrogens with zero attached hydrogens (tertiary/aromatic N) is 1. The third kappa shape index (κ3) is 3.62. The molecular weight excluding hydrogens is 312 g/mol. The zero-order chi connectivity index (χ0) is 15.4. The van der Waals surface area contributed by atoms with Crippen molar-refractivity contribution in [3.8, 4) is 11.3 Å². The predicted molar refractivity (Wildman–Crippen MR) is 93.1 cm³/mol. The molecule has 0 amide bonds. The molecule has 3 rings (SSSR count). The standard InChI is InChI=1S/C17H18N2OS2/c1-17(20,14-7-8-21-10-14)12-18-9-16-19-15(11-22-16)13-5-3-2-4-6-13/h2-8,10-11,18,20H,9,12H2,1H3. The van der Waals surface area contributed by atoms with Crippen LogP contribution in [0.4, 0.5) is 0 Å². The van der Waals surface area contributed by atoms with Crippen LogP contribution in [0.2, 0.25) is 0 Å². The molecule has 0 radical (unpaired) electrons. The Morgan fingerprint density at radius 2 is 2.00 bits per heavy atom. The Morgan fingerprint density at radius 1 is 1.18 bits per heavy atom. The topological polar surface area (TPSA) is 45.1 Å². The quantitative estimate of drug-likeness (QED) is 0.721. The smallest absolute Gasteiger partial charge is 0.107 e. The number of hydrogen-bond donors (Lipinski definition) is 2. The molecule has 0 spiro atoms. The van der Waals surface area contributed by atoms with E-state index in [-0.39, 0.29) is 0 Å². The molecule has 0 bridgehead atoms. The third-order valence-corrected chi connectivity index (χ3v) is 5.04. The van der Waals surface area contributed by atoms with Crippen molar-refractivity contribution in [2.24, 2.45) is 0 Å². The molecule has 2 heterocycles. The van der Waals surface area contributed by atoms with Crippen molar-refractivity contribution in [1.29, 1.82) is 0 Å². The first-order valence-corrected chi connectivity index (χ1v) is 8.93. The molecule has 3 nitrogen and oxygen atoms in total. The Balaban J connectivity index is 1.58. The van der Waals surface area contributed by atoms with Crippen LogP contribution in [0.5, 0.6) is 0 Å². The zero-order valence-electron chi connectivity index (χ0n) is 12.3. The van der Waals surface area contributed by atoms with Crippen molar-refractivity contribution < 1.29 is 5.11 Å². The molecule has 1 aromatic carbocycles. The van der Waals surface area contributed by atoms with Crippen LogP contribution in [0.15, 0.2) is 52.5 Å². The summed E-state index contributed by atoms with van der Waals surface area (Å²) in [4.78, 5) is 4.64. The predicted octanol–water partition coefficient (Wildman–Crippen LogP) is 3.87. The minimum Gasteiger partial charge on any atom is -0.384 e. The van der Waals surface area contributed by atoms with Gasteiger partial charge in [-0.3, -0.25) is 0 Å². The van der Waals surface area contributed by atoms with Gasteiger partial charge in [0.2, 0.25) is 0 Å². The summed E-state index contributed by atoms with van der Waals surface area (Å²) in [5, 5.41) is 20.8. The summed E-state index contributed by atoms with van der Waals surface area (Å²) in [6, 6.07) is 12.1. The second kappa shape index (κ2) is 6.71.